The van der Waals surface area contributed by atoms with Gasteiger partial charge in [-0.05, 0) is 31.3 Å². The van der Waals surface area contributed by atoms with Crippen LogP contribution in [0.1, 0.15) is 30.7 Å². The van der Waals surface area contributed by atoms with Crippen LogP contribution in [-0.2, 0) is 4.79 Å². The van der Waals surface area contributed by atoms with Gasteiger partial charge in [-0.15, -0.1) is 23.7 Å². The quantitative estimate of drug-likeness (QED) is 0.924. The minimum atomic E-state index is 0. The standard InChI is InChI=1S/C13H20N2OS.ClH/c1-10(9-14-2)13(16)15-7-3-5-11(15)12-6-4-8-17-12;/h4,6,8,10-11,14H,3,5,7,9H2,1-2H3;1H. The molecule has 0 radical (unpaired) electrons. The molecule has 1 N–H and O–H groups in total. The van der Waals surface area contributed by atoms with Crippen LogP contribution in [0.2, 0.25) is 0 Å². The summed E-state index contributed by atoms with van der Waals surface area (Å²) in [5, 5.41) is 5.17. The molecular formula is C13H21ClN2OS. The van der Waals surface area contributed by atoms with Crippen molar-refractivity contribution in [3.8, 4) is 0 Å². The van der Waals surface area contributed by atoms with E-state index in [1.807, 2.05) is 14.0 Å². The zero-order valence-corrected chi connectivity index (χ0v) is 12.5. The molecule has 0 bridgehead atoms. The summed E-state index contributed by atoms with van der Waals surface area (Å²) in [6.07, 6.45) is 2.24. The summed E-state index contributed by atoms with van der Waals surface area (Å²) in [7, 11) is 1.89. The van der Waals surface area contributed by atoms with Gasteiger partial charge in [-0.3, -0.25) is 4.79 Å². The second-order valence-corrected chi connectivity index (χ2v) is 5.64. The molecule has 0 aliphatic carbocycles. The van der Waals surface area contributed by atoms with Crippen molar-refractivity contribution in [1.82, 2.24) is 10.2 Å². The minimum Gasteiger partial charge on any atom is -0.335 e. The van der Waals surface area contributed by atoms with E-state index in [0.29, 0.717) is 6.04 Å². The van der Waals surface area contributed by atoms with Gasteiger partial charge in [0.05, 0.1) is 6.04 Å². The fraction of sp³-hybridized carbons (Fsp3) is 0.615. The van der Waals surface area contributed by atoms with Crippen molar-refractivity contribution in [2.75, 3.05) is 20.1 Å². The van der Waals surface area contributed by atoms with Crippen LogP contribution in [-0.4, -0.2) is 30.9 Å². The van der Waals surface area contributed by atoms with Gasteiger partial charge >= 0.3 is 0 Å². The normalized spacial score (nSPS) is 20.6. The summed E-state index contributed by atoms with van der Waals surface area (Å²) >= 11 is 1.76. The van der Waals surface area contributed by atoms with E-state index in [-0.39, 0.29) is 24.2 Å². The largest absolute Gasteiger partial charge is 0.335 e. The van der Waals surface area contributed by atoms with Gasteiger partial charge in [0.25, 0.3) is 0 Å². The number of nitrogens with zero attached hydrogens (tertiary/aromatic N) is 1. The Bertz CT molecular complexity index is 369. The summed E-state index contributed by atoms with van der Waals surface area (Å²) in [5.41, 5.74) is 0. The molecular weight excluding hydrogens is 268 g/mol. The molecule has 0 spiro atoms. The Kier molecular flexibility index (Phi) is 6.12. The first-order chi connectivity index (χ1) is 8.24. The van der Waals surface area contributed by atoms with Crippen LogP contribution >= 0.6 is 23.7 Å². The van der Waals surface area contributed by atoms with Gasteiger partial charge in [0.2, 0.25) is 5.91 Å². The molecule has 1 aromatic rings. The molecule has 1 aliphatic rings. The highest BCUT2D eigenvalue weighted by atomic mass is 35.5. The van der Waals surface area contributed by atoms with Gasteiger partial charge in [-0.2, -0.15) is 0 Å². The molecule has 1 fully saturated rings. The second kappa shape index (κ2) is 7.12. The van der Waals surface area contributed by atoms with Gasteiger partial charge in [0, 0.05) is 23.9 Å². The van der Waals surface area contributed by atoms with E-state index in [9.17, 15) is 4.79 Å². The predicted molar refractivity (Wildman–Crippen MR) is 78.3 cm³/mol. The third kappa shape index (κ3) is 3.25. The average Bonchev–Trinajstić information content (AvgIpc) is 2.98. The Hall–Kier alpha value is -0.580. The highest BCUT2D eigenvalue weighted by Gasteiger charge is 2.32. The zero-order chi connectivity index (χ0) is 12.3. The van der Waals surface area contributed by atoms with Crippen LogP contribution in [0.15, 0.2) is 17.5 Å². The van der Waals surface area contributed by atoms with Crippen molar-refractivity contribution in [1.29, 1.82) is 0 Å². The number of rotatable bonds is 4. The van der Waals surface area contributed by atoms with Crippen LogP contribution in [0.4, 0.5) is 0 Å². The lowest BCUT2D eigenvalue weighted by Gasteiger charge is -2.26. The fourth-order valence-corrected chi connectivity index (χ4v) is 3.36. The predicted octanol–water partition coefficient (Wildman–Crippen LogP) is 2.69. The van der Waals surface area contributed by atoms with Crippen LogP contribution in [0.5, 0.6) is 0 Å². The number of likely N-dealkylation sites (tertiary alicyclic amines) is 1. The molecule has 1 saturated heterocycles. The monoisotopic (exact) mass is 288 g/mol. The van der Waals surface area contributed by atoms with Crippen molar-refractivity contribution >= 4 is 29.7 Å². The Balaban J connectivity index is 0.00000162. The number of halogens is 1. The SMILES string of the molecule is CNCC(C)C(=O)N1CCCC1c1cccs1.Cl. The van der Waals surface area contributed by atoms with Crippen LogP contribution < -0.4 is 5.32 Å². The zero-order valence-electron chi connectivity index (χ0n) is 10.9. The summed E-state index contributed by atoms with van der Waals surface area (Å²) in [5.74, 6) is 0.357. The van der Waals surface area contributed by atoms with Crippen LogP contribution in [0, 0.1) is 5.92 Å². The molecule has 18 heavy (non-hydrogen) atoms. The number of hydrogen-bond acceptors (Lipinski definition) is 3. The molecule has 1 aliphatic heterocycles. The first kappa shape index (κ1) is 15.5. The second-order valence-electron chi connectivity index (χ2n) is 4.66. The molecule has 2 heterocycles. The smallest absolute Gasteiger partial charge is 0.227 e. The number of carbonyl (C=O) groups is 1. The third-order valence-corrected chi connectivity index (χ3v) is 4.31. The Labute approximate surface area is 119 Å². The maximum atomic E-state index is 12.3. The number of hydrogen-bond donors (Lipinski definition) is 1. The Morgan fingerprint density at radius 3 is 3.06 bits per heavy atom. The van der Waals surface area contributed by atoms with Gasteiger partial charge in [-0.25, -0.2) is 0 Å². The molecule has 0 aromatic carbocycles. The molecule has 3 nitrogen and oxygen atoms in total. The topological polar surface area (TPSA) is 32.3 Å². The van der Waals surface area contributed by atoms with Crippen molar-refractivity contribution in [2.45, 2.75) is 25.8 Å². The van der Waals surface area contributed by atoms with Crippen molar-refractivity contribution in [3.05, 3.63) is 22.4 Å². The number of thiophene rings is 1. The first-order valence-electron chi connectivity index (χ1n) is 6.22. The maximum Gasteiger partial charge on any atom is 0.227 e. The molecule has 2 rings (SSSR count). The molecule has 1 aromatic heterocycles. The fourth-order valence-electron chi connectivity index (χ4n) is 2.48. The van der Waals surface area contributed by atoms with E-state index in [2.05, 4.69) is 27.7 Å². The summed E-state index contributed by atoms with van der Waals surface area (Å²) < 4.78 is 0. The lowest BCUT2D eigenvalue weighted by atomic mass is 10.1. The van der Waals surface area contributed by atoms with Crippen molar-refractivity contribution in [3.63, 3.8) is 0 Å². The van der Waals surface area contributed by atoms with Crippen LogP contribution in [0.3, 0.4) is 0 Å². The molecule has 5 heteroatoms. The first-order valence-corrected chi connectivity index (χ1v) is 7.10. The van der Waals surface area contributed by atoms with Crippen LogP contribution in [0.25, 0.3) is 0 Å². The summed E-state index contributed by atoms with van der Waals surface area (Å²) in [6.45, 7) is 3.67. The minimum absolute atomic E-state index is 0. The van der Waals surface area contributed by atoms with E-state index in [1.54, 1.807) is 11.3 Å². The maximum absolute atomic E-state index is 12.3. The van der Waals surface area contributed by atoms with E-state index in [1.165, 1.54) is 4.88 Å². The number of carbonyl (C=O) groups excluding carboxylic acids is 1. The molecule has 0 saturated carbocycles. The third-order valence-electron chi connectivity index (χ3n) is 3.34. The van der Waals surface area contributed by atoms with Gasteiger partial charge in [-0.1, -0.05) is 13.0 Å². The average molecular weight is 289 g/mol. The van der Waals surface area contributed by atoms with E-state index >= 15 is 0 Å². The highest BCUT2D eigenvalue weighted by molar-refractivity contribution is 7.10. The molecule has 102 valence electrons. The molecule has 2 unspecified atom stereocenters. The van der Waals surface area contributed by atoms with E-state index in [4.69, 9.17) is 0 Å². The van der Waals surface area contributed by atoms with Gasteiger partial charge < -0.3 is 10.2 Å². The van der Waals surface area contributed by atoms with Crippen molar-refractivity contribution in [2.24, 2.45) is 5.92 Å². The lowest BCUT2D eigenvalue weighted by Crippen LogP contribution is -2.37. The Morgan fingerprint density at radius 1 is 1.67 bits per heavy atom. The highest BCUT2D eigenvalue weighted by Crippen LogP contribution is 2.35. The lowest BCUT2D eigenvalue weighted by molar-refractivity contribution is -0.135. The van der Waals surface area contributed by atoms with Gasteiger partial charge in [0.15, 0.2) is 0 Å². The summed E-state index contributed by atoms with van der Waals surface area (Å²) in [4.78, 5) is 15.7. The van der Waals surface area contributed by atoms with Crippen molar-refractivity contribution < 1.29 is 4.79 Å². The Morgan fingerprint density at radius 2 is 2.44 bits per heavy atom. The summed E-state index contributed by atoms with van der Waals surface area (Å²) in [6, 6.07) is 4.53. The van der Waals surface area contributed by atoms with Gasteiger partial charge in [0.1, 0.15) is 0 Å². The number of nitrogens with one attached hydrogen (secondary N) is 1. The van der Waals surface area contributed by atoms with E-state index < -0.39 is 0 Å². The molecule has 2 atom stereocenters. The number of amides is 1. The van der Waals surface area contributed by atoms with E-state index in [0.717, 1.165) is 25.9 Å². The molecule has 1 amide bonds.